The van der Waals surface area contributed by atoms with Crippen LogP contribution in [0, 0.1) is 0 Å². The molecule has 1 aliphatic rings. The summed E-state index contributed by atoms with van der Waals surface area (Å²) < 4.78 is 13.4. The standard InChI is InChI=1S/C16H22Br2N2O3/c1-16(2,3)23-15(21)20-5-4-19-9-14(20)22-10-11-6-12(17)8-13(18)7-11/h6-8,14,19H,4-5,9-10H2,1-3H3. The van der Waals surface area contributed by atoms with Crippen molar-refractivity contribution in [2.24, 2.45) is 0 Å². The maximum atomic E-state index is 12.3. The Labute approximate surface area is 154 Å². The molecule has 1 fully saturated rings. The van der Waals surface area contributed by atoms with E-state index >= 15 is 0 Å². The van der Waals surface area contributed by atoms with Crippen LogP contribution in [-0.4, -0.2) is 42.5 Å². The van der Waals surface area contributed by atoms with Crippen molar-refractivity contribution in [3.05, 3.63) is 32.7 Å². The molecule has 0 aliphatic carbocycles. The molecular weight excluding hydrogens is 428 g/mol. The molecule has 7 heteroatoms. The molecule has 1 amide bonds. The Morgan fingerprint density at radius 2 is 1.96 bits per heavy atom. The molecular formula is C16H22Br2N2O3. The minimum atomic E-state index is -0.512. The van der Waals surface area contributed by atoms with Gasteiger partial charge in [-0.05, 0) is 44.5 Å². The van der Waals surface area contributed by atoms with E-state index in [1.165, 1.54) is 0 Å². The van der Waals surface area contributed by atoms with Gasteiger partial charge in [-0.15, -0.1) is 0 Å². The number of rotatable bonds is 3. The van der Waals surface area contributed by atoms with Crippen molar-refractivity contribution in [3.63, 3.8) is 0 Å². The monoisotopic (exact) mass is 448 g/mol. The molecule has 1 N–H and O–H groups in total. The van der Waals surface area contributed by atoms with E-state index in [1.807, 2.05) is 39.0 Å². The molecule has 1 aliphatic heterocycles. The van der Waals surface area contributed by atoms with Gasteiger partial charge in [0, 0.05) is 28.6 Å². The summed E-state index contributed by atoms with van der Waals surface area (Å²) in [5.41, 5.74) is 0.516. The molecule has 1 aromatic rings. The number of hydrogen-bond donors (Lipinski definition) is 1. The Morgan fingerprint density at radius 3 is 2.57 bits per heavy atom. The molecule has 23 heavy (non-hydrogen) atoms. The molecule has 0 saturated carbocycles. The van der Waals surface area contributed by atoms with Crippen LogP contribution in [0.25, 0.3) is 0 Å². The number of carbonyl (C=O) groups is 1. The van der Waals surface area contributed by atoms with E-state index < -0.39 is 5.60 Å². The number of carbonyl (C=O) groups excluding carboxylic acids is 1. The summed E-state index contributed by atoms with van der Waals surface area (Å²) in [6, 6.07) is 5.97. The molecule has 1 saturated heterocycles. The highest BCUT2D eigenvalue weighted by molar-refractivity contribution is 9.11. The quantitative estimate of drug-likeness (QED) is 0.760. The Hall–Kier alpha value is -0.630. The van der Waals surface area contributed by atoms with Gasteiger partial charge < -0.3 is 14.8 Å². The zero-order valence-electron chi connectivity index (χ0n) is 13.6. The number of nitrogens with one attached hydrogen (secondary N) is 1. The third-order valence-corrected chi connectivity index (χ3v) is 4.10. The van der Waals surface area contributed by atoms with Gasteiger partial charge in [0.2, 0.25) is 0 Å². The van der Waals surface area contributed by atoms with E-state index in [1.54, 1.807) is 4.90 Å². The highest BCUT2D eigenvalue weighted by atomic mass is 79.9. The lowest BCUT2D eigenvalue weighted by Crippen LogP contribution is -2.55. The van der Waals surface area contributed by atoms with E-state index in [-0.39, 0.29) is 12.3 Å². The third-order valence-electron chi connectivity index (χ3n) is 3.19. The highest BCUT2D eigenvalue weighted by Crippen LogP contribution is 2.21. The summed E-state index contributed by atoms with van der Waals surface area (Å²) in [5, 5.41) is 3.25. The maximum Gasteiger partial charge on any atom is 0.412 e. The van der Waals surface area contributed by atoms with E-state index in [0.29, 0.717) is 19.7 Å². The molecule has 0 aromatic heterocycles. The predicted molar refractivity (Wildman–Crippen MR) is 96.2 cm³/mol. The van der Waals surface area contributed by atoms with E-state index in [0.717, 1.165) is 21.1 Å². The summed E-state index contributed by atoms with van der Waals surface area (Å²) in [4.78, 5) is 14.0. The Balaban J connectivity index is 1.99. The third kappa shape index (κ3) is 6.06. The lowest BCUT2D eigenvalue weighted by molar-refractivity contribution is -0.0825. The van der Waals surface area contributed by atoms with Gasteiger partial charge in [-0.1, -0.05) is 31.9 Å². The predicted octanol–water partition coefficient (Wildman–Crippen LogP) is 3.89. The van der Waals surface area contributed by atoms with Crippen LogP contribution < -0.4 is 5.32 Å². The first kappa shape index (κ1) is 18.7. The maximum absolute atomic E-state index is 12.3. The van der Waals surface area contributed by atoms with Gasteiger partial charge in [-0.2, -0.15) is 0 Å². The highest BCUT2D eigenvalue weighted by Gasteiger charge is 2.30. The summed E-state index contributed by atoms with van der Waals surface area (Å²) >= 11 is 6.93. The molecule has 1 atom stereocenters. The number of halogens is 2. The largest absolute Gasteiger partial charge is 0.444 e. The van der Waals surface area contributed by atoms with Gasteiger partial charge in [-0.3, -0.25) is 4.90 Å². The fourth-order valence-corrected chi connectivity index (χ4v) is 3.63. The Morgan fingerprint density at radius 1 is 1.30 bits per heavy atom. The molecule has 0 bridgehead atoms. The fourth-order valence-electron chi connectivity index (χ4n) is 2.24. The second kappa shape index (κ2) is 7.96. The second-order valence-electron chi connectivity index (χ2n) is 6.42. The lowest BCUT2D eigenvalue weighted by Gasteiger charge is -2.36. The van der Waals surface area contributed by atoms with Gasteiger partial charge in [0.25, 0.3) is 0 Å². The number of piperazine rings is 1. The number of benzene rings is 1. The van der Waals surface area contributed by atoms with Crippen LogP contribution >= 0.6 is 31.9 Å². The Kier molecular flexibility index (Phi) is 6.48. The second-order valence-corrected chi connectivity index (χ2v) is 8.25. The molecule has 128 valence electrons. The minimum absolute atomic E-state index is 0.334. The van der Waals surface area contributed by atoms with Gasteiger partial charge in [0.15, 0.2) is 0 Å². The number of amides is 1. The zero-order chi connectivity index (χ0) is 17.0. The molecule has 1 unspecified atom stereocenters. The van der Waals surface area contributed by atoms with Crippen molar-refractivity contribution in [1.82, 2.24) is 10.2 Å². The van der Waals surface area contributed by atoms with Gasteiger partial charge >= 0.3 is 6.09 Å². The minimum Gasteiger partial charge on any atom is -0.444 e. The van der Waals surface area contributed by atoms with Crippen LogP contribution in [0.4, 0.5) is 4.79 Å². The summed E-state index contributed by atoms with van der Waals surface area (Å²) in [7, 11) is 0. The first-order chi connectivity index (χ1) is 10.7. The first-order valence-electron chi connectivity index (χ1n) is 7.51. The summed E-state index contributed by atoms with van der Waals surface area (Å²) in [6.07, 6.45) is -0.671. The molecule has 2 rings (SSSR count). The summed E-state index contributed by atoms with van der Waals surface area (Å²) in [5.74, 6) is 0. The fraction of sp³-hybridized carbons (Fsp3) is 0.562. The van der Waals surface area contributed by atoms with Crippen LogP contribution in [0.5, 0.6) is 0 Å². The molecule has 5 nitrogen and oxygen atoms in total. The average molecular weight is 450 g/mol. The number of hydrogen-bond acceptors (Lipinski definition) is 4. The van der Waals surface area contributed by atoms with E-state index in [4.69, 9.17) is 9.47 Å². The Bertz CT molecular complexity index is 540. The molecule has 1 aromatic carbocycles. The smallest absolute Gasteiger partial charge is 0.412 e. The van der Waals surface area contributed by atoms with Crippen molar-refractivity contribution in [3.8, 4) is 0 Å². The van der Waals surface area contributed by atoms with Crippen LogP contribution in [0.2, 0.25) is 0 Å². The van der Waals surface area contributed by atoms with Gasteiger partial charge in [0.1, 0.15) is 11.8 Å². The average Bonchev–Trinajstić information content (AvgIpc) is 2.42. The zero-order valence-corrected chi connectivity index (χ0v) is 16.7. The first-order valence-corrected chi connectivity index (χ1v) is 9.10. The molecule has 0 spiro atoms. The van der Waals surface area contributed by atoms with Crippen molar-refractivity contribution < 1.29 is 14.3 Å². The van der Waals surface area contributed by atoms with Gasteiger partial charge in [-0.25, -0.2) is 4.79 Å². The summed E-state index contributed by atoms with van der Waals surface area (Å²) in [6.45, 7) is 7.91. The van der Waals surface area contributed by atoms with E-state index in [2.05, 4.69) is 37.2 Å². The molecule has 1 heterocycles. The SMILES string of the molecule is CC(C)(C)OC(=O)N1CCNCC1OCc1cc(Br)cc(Br)c1. The number of nitrogens with zero attached hydrogens (tertiary/aromatic N) is 1. The van der Waals surface area contributed by atoms with Crippen LogP contribution in [0.1, 0.15) is 26.3 Å². The van der Waals surface area contributed by atoms with Crippen LogP contribution in [0.15, 0.2) is 27.1 Å². The topological polar surface area (TPSA) is 50.8 Å². The molecule has 0 radical (unpaired) electrons. The lowest BCUT2D eigenvalue weighted by atomic mass is 10.2. The van der Waals surface area contributed by atoms with E-state index in [9.17, 15) is 4.79 Å². The van der Waals surface area contributed by atoms with Crippen molar-refractivity contribution in [2.45, 2.75) is 39.2 Å². The van der Waals surface area contributed by atoms with Crippen LogP contribution in [-0.2, 0) is 16.1 Å². The van der Waals surface area contributed by atoms with Crippen LogP contribution in [0.3, 0.4) is 0 Å². The van der Waals surface area contributed by atoms with Crippen molar-refractivity contribution >= 4 is 38.0 Å². The van der Waals surface area contributed by atoms with Crippen molar-refractivity contribution in [1.29, 1.82) is 0 Å². The van der Waals surface area contributed by atoms with Gasteiger partial charge in [0.05, 0.1) is 6.61 Å². The normalized spacial score (nSPS) is 18.8. The number of ether oxygens (including phenoxy) is 2. The van der Waals surface area contributed by atoms with Crippen molar-refractivity contribution in [2.75, 3.05) is 19.6 Å².